The summed E-state index contributed by atoms with van der Waals surface area (Å²) in [6, 6.07) is 19.1. The fourth-order valence-electron chi connectivity index (χ4n) is 2.69. The molecular formula is C20H14N2O4. The Morgan fingerprint density at radius 3 is 1.69 bits per heavy atom. The quantitative estimate of drug-likeness (QED) is 0.393. The summed E-state index contributed by atoms with van der Waals surface area (Å²) in [4.78, 5) is 37.3. The lowest BCUT2D eigenvalue weighted by molar-refractivity contribution is 0.100. The molecule has 3 aromatic rings. The van der Waals surface area contributed by atoms with Crippen LogP contribution in [0.5, 0.6) is 0 Å². The van der Waals surface area contributed by atoms with Crippen molar-refractivity contribution in [2.45, 2.75) is 0 Å². The minimum absolute atomic E-state index is 0.0190. The summed E-state index contributed by atoms with van der Waals surface area (Å²) < 4.78 is 0. The highest BCUT2D eigenvalue weighted by atomic mass is 16.5. The van der Waals surface area contributed by atoms with E-state index in [9.17, 15) is 19.7 Å². The molecule has 0 aliphatic rings. The minimum atomic E-state index is -0.531. The molecule has 0 saturated carbocycles. The molecule has 0 bridgehead atoms. The van der Waals surface area contributed by atoms with Gasteiger partial charge in [0.1, 0.15) is 5.69 Å². The molecule has 0 atom stereocenters. The third-order valence-corrected chi connectivity index (χ3v) is 3.93. The zero-order chi connectivity index (χ0) is 18.5. The van der Waals surface area contributed by atoms with E-state index in [0.29, 0.717) is 11.1 Å². The van der Waals surface area contributed by atoms with Crippen molar-refractivity contribution in [3.8, 4) is 0 Å². The van der Waals surface area contributed by atoms with Crippen LogP contribution in [0.25, 0.3) is 0 Å². The van der Waals surface area contributed by atoms with Crippen molar-refractivity contribution in [1.29, 1.82) is 0 Å². The van der Waals surface area contributed by atoms with E-state index in [4.69, 9.17) is 0 Å². The number of carbonyl (C=O) groups is 2. The molecule has 0 spiro atoms. The van der Waals surface area contributed by atoms with Gasteiger partial charge in [-0.25, -0.2) is 0 Å². The number of hydrogen-bond acceptors (Lipinski definition) is 6. The van der Waals surface area contributed by atoms with Gasteiger partial charge in [-0.1, -0.05) is 60.7 Å². The van der Waals surface area contributed by atoms with Gasteiger partial charge >= 0.3 is 0 Å². The summed E-state index contributed by atoms with van der Waals surface area (Å²) in [6.45, 7) is 0. The van der Waals surface area contributed by atoms with Gasteiger partial charge in [0.25, 0.3) is 0 Å². The molecule has 0 unspecified atom stereocenters. The van der Waals surface area contributed by atoms with Gasteiger partial charge in [-0.15, -0.1) is 4.91 Å². The van der Waals surface area contributed by atoms with Crippen molar-refractivity contribution < 1.29 is 14.8 Å². The van der Waals surface area contributed by atoms with Gasteiger partial charge in [0, 0.05) is 11.1 Å². The topological polar surface area (TPSA) is 95.8 Å². The van der Waals surface area contributed by atoms with Crippen LogP contribution in [0.1, 0.15) is 31.8 Å². The van der Waals surface area contributed by atoms with E-state index in [1.165, 1.54) is 12.1 Å². The number of carbonyl (C=O) groups excluding carboxylic acids is 2. The van der Waals surface area contributed by atoms with Gasteiger partial charge < -0.3 is 0 Å². The summed E-state index contributed by atoms with van der Waals surface area (Å²) in [5.74, 6) is -1.04. The van der Waals surface area contributed by atoms with Gasteiger partial charge in [-0.2, -0.15) is 0 Å². The maximum atomic E-state index is 13.0. The predicted octanol–water partition coefficient (Wildman–Crippen LogP) is 4.35. The lowest BCUT2D eigenvalue weighted by atomic mass is 9.90. The fraction of sp³-hybridized carbons (Fsp3) is 0. The van der Waals surface area contributed by atoms with Gasteiger partial charge in [-0.3, -0.25) is 20.3 Å². The average Bonchev–Trinajstić information content (AvgIpc) is 2.72. The van der Waals surface area contributed by atoms with Gasteiger partial charge in [-0.05, 0) is 17.3 Å². The van der Waals surface area contributed by atoms with Crippen molar-refractivity contribution in [2.75, 3.05) is 5.48 Å². The Bertz CT molecular complexity index is 970. The van der Waals surface area contributed by atoms with E-state index >= 15 is 0 Å². The van der Waals surface area contributed by atoms with E-state index in [-0.39, 0.29) is 22.5 Å². The van der Waals surface area contributed by atoms with E-state index in [1.54, 1.807) is 60.7 Å². The maximum absolute atomic E-state index is 13.0. The maximum Gasteiger partial charge on any atom is 0.196 e. The summed E-state index contributed by atoms with van der Waals surface area (Å²) in [6.07, 6.45) is 0. The zero-order valence-corrected chi connectivity index (χ0v) is 13.5. The van der Waals surface area contributed by atoms with Crippen molar-refractivity contribution >= 4 is 22.9 Å². The predicted molar refractivity (Wildman–Crippen MR) is 97.1 cm³/mol. The highest BCUT2D eigenvalue weighted by Crippen LogP contribution is 2.33. The number of ketones is 2. The molecule has 0 aromatic heterocycles. The molecule has 6 nitrogen and oxygen atoms in total. The molecule has 6 heteroatoms. The Labute approximate surface area is 149 Å². The minimum Gasteiger partial charge on any atom is -0.291 e. The van der Waals surface area contributed by atoms with Crippen LogP contribution in [-0.2, 0) is 0 Å². The van der Waals surface area contributed by atoms with E-state index in [1.807, 2.05) is 5.48 Å². The molecule has 128 valence electrons. The molecule has 3 rings (SSSR count). The molecular weight excluding hydrogens is 332 g/mol. The molecule has 2 N–H and O–H groups in total. The van der Waals surface area contributed by atoms with Gasteiger partial charge in [0.15, 0.2) is 11.6 Å². The second kappa shape index (κ2) is 7.50. The number of benzene rings is 3. The lowest BCUT2D eigenvalue weighted by Gasteiger charge is -2.14. The molecule has 0 aliphatic heterocycles. The Hall–Kier alpha value is -3.64. The molecule has 3 aromatic carbocycles. The van der Waals surface area contributed by atoms with E-state index < -0.39 is 11.6 Å². The SMILES string of the molecule is O=Nc1ccc(NO)c(C(=O)c2ccccc2)c1C(=O)c1ccccc1. The number of anilines is 1. The Morgan fingerprint density at radius 2 is 1.23 bits per heavy atom. The number of rotatable bonds is 6. The monoisotopic (exact) mass is 346 g/mol. The number of nitrogens with one attached hydrogen (secondary N) is 1. The summed E-state index contributed by atoms with van der Waals surface area (Å²) in [7, 11) is 0. The third kappa shape index (κ3) is 3.13. The molecule has 26 heavy (non-hydrogen) atoms. The molecule has 0 fully saturated rings. The zero-order valence-electron chi connectivity index (χ0n) is 13.5. The highest BCUT2D eigenvalue weighted by Gasteiger charge is 2.26. The van der Waals surface area contributed by atoms with Crippen LogP contribution >= 0.6 is 0 Å². The van der Waals surface area contributed by atoms with Crippen LogP contribution in [0.4, 0.5) is 11.4 Å². The summed E-state index contributed by atoms with van der Waals surface area (Å²) in [5, 5.41) is 12.3. The van der Waals surface area contributed by atoms with Crippen LogP contribution in [0.3, 0.4) is 0 Å². The standard InChI is InChI=1S/C20H14N2O4/c23-19(13-7-3-1-4-8-13)17-15(21-25)11-12-16(22-26)18(17)20(24)14-9-5-2-6-10-14/h1-12,21,25H. The molecule has 0 aliphatic carbocycles. The number of hydrogen-bond donors (Lipinski definition) is 2. The molecule has 0 amide bonds. The number of nitrogens with zero attached hydrogens (tertiary/aromatic N) is 1. The smallest absolute Gasteiger partial charge is 0.196 e. The fourth-order valence-corrected chi connectivity index (χ4v) is 2.69. The highest BCUT2D eigenvalue weighted by molar-refractivity contribution is 6.23. The van der Waals surface area contributed by atoms with Crippen LogP contribution < -0.4 is 5.48 Å². The summed E-state index contributed by atoms with van der Waals surface area (Å²) >= 11 is 0. The third-order valence-electron chi connectivity index (χ3n) is 3.93. The van der Waals surface area contributed by atoms with Crippen LogP contribution in [0.2, 0.25) is 0 Å². The van der Waals surface area contributed by atoms with Crippen molar-refractivity contribution in [3.05, 3.63) is 100.0 Å². The normalized spacial score (nSPS) is 10.2. The molecule has 0 saturated heterocycles. The Balaban J connectivity index is 2.26. The van der Waals surface area contributed by atoms with Crippen molar-refractivity contribution in [2.24, 2.45) is 5.18 Å². The summed E-state index contributed by atoms with van der Waals surface area (Å²) in [5.41, 5.74) is 2.13. The lowest BCUT2D eigenvalue weighted by Crippen LogP contribution is -2.14. The Kier molecular flexibility index (Phi) is 4.96. The average molecular weight is 346 g/mol. The van der Waals surface area contributed by atoms with Crippen LogP contribution in [0, 0.1) is 4.91 Å². The van der Waals surface area contributed by atoms with Crippen molar-refractivity contribution in [3.63, 3.8) is 0 Å². The Morgan fingerprint density at radius 1 is 0.731 bits per heavy atom. The first-order chi connectivity index (χ1) is 12.7. The first-order valence-electron chi connectivity index (χ1n) is 7.77. The first kappa shape index (κ1) is 17.2. The van der Waals surface area contributed by atoms with E-state index in [0.717, 1.165) is 0 Å². The molecule has 0 heterocycles. The van der Waals surface area contributed by atoms with Crippen LogP contribution in [0.15, 0.2) is 78.0 Å². The van der Waals surface area contributed by atoms with E-state index in [2.05, 4.69) is 5.18 Å². The van der Waals surface area contributed by atoms with Crippen LogP contribution in [-0.4, -0.2) is 16.8 Å². The molecule has 0 radical (unpaired) electrons. The largest absolute Gasteiger partial charge is 0.291 e. The number of nitroso groups, excluding NO2 is 1. The second-order valence-electron chi connectivity index (χ2n) is 5.48. The first-order valence-corrected chi connectivity index (χ1v) is 7.77. The van der Waals surface area contributed by atoms with Crippen molar-refractivity contribution in [1.82, 2.24) is 0 Å². The van der Waals surface area contributed by atoms with Gasteiger partial charge in [0.2, 0.25) is 0 Å². The second-order valence-corrected chi connectivity index (χ2v) is 5.48. The van der Waals surface area contributed by atoms with Gasteiger partial charge in [0.05, 0.1) is 16.8 Å².